The van der Waals surface area contributed by atoms with Crippen molar-refractivity contribution in [1.29, 1.82) is 0 Å². The molecule has 0 aliphatic carbocycles. The Kier molecular flexibility index (Phi) is 3.38. The summed E-state index contributed by atoms with van der Waals surface area (Å²) in [5.41, 5.74) is 5.31. The van der Waals surface area contributed by atoms with Crippen LogP contribution < -0.4 is 5.73 Å². The lowest BCUT2D eigenvalue weighted by Crippen LogP contribution is -2.21. The average Bonchev–Trinajstić information content (AvgIpc) is 2.89. The number of nitrogens with zero attached hydrogens (tertiary/aromatic N) is 3. The molecule has 2 heterocycles. The Bertz CT molecular complexity index is 576. The number of carbonyl (C=O) groups is 2. The number of nitrogens with two attached hydrogens (primary N) is 1. The van der Waals surface area contributed by atoms with Crippen LogP contribution in [0.2, 0.25) is 0 Å². The van der Waals surface area contributed by atoms with Gasteiger partial charge in [-0.2, -0.15) is 0 Å². The Labute approximate surface area is 106 Å². The number of aromatic carboxylic acids is 1. The Morgan fingerprint density at radius 2 is 2.28 bits per heavy atom. The number of amides is 1. The number of aromatic nitrogens is 3. The fraction of sp³-hybridized carbons (Fsp3) is 0.200. The quantitative estimate of drug-likeness (QED) is 0.798. The minimum atomic E-state index is -1.17. The minimum Gasteiger partial charge on any atom is -0.476 e. The summed E-state index contributed by atoms with van der Waals surface area (Å²) in [6.07, 6.45) is 0.361. The largest absolute Gasteiger partial charge is 0.476 e. The Balaban J connectivity index is 2.36. The molecule has 0 atom stereocenters. The molecule has 0 spiro atoms. The van der Waals surface area contributed by atoms with E-state index in [4.69, 9.17) is 10.8 Å². The molecule has 0 aliphatic rings. The van der Waals surface area contributed by atoms with Crippen molar-refractivity contribution in [2.24, 2.45) is 5.73 Å². The molecule has 3 N–H and O–H groups in total. The molecule has 0 saturated carbocycles. The summed E-state index contributed by atoms with van der Waals surface area (Å²) < 4.78 is 1.23. The van der Waals surface area contributed by atoms with Crippen molar-refractivity contribution >= 4 is 23.2 Å². The zero-order valence-corrected chi connectivity index (χ0v) is 10.1. The highest BCUT2D eigenvalue weighted by Gasteiger charge is 2.20. The lowest BCUT2D eigenvalue weighted by atomic mass is 10.2. The van der Waals surface area contributed by atoms with Gasteiger partial charge in [0, 0.05) is 11.3 Å². The van der Waals surface area contributed by atoms with Crippen LogP contribution in [0.25, 0.3) is 0 Å². The van der Waals surface area contributed by atoms with E-state index in [0.717, 1.165) is 4.88 Å². The van der Waals surface area contributed by atoms with Gasteiger partial charge in [-0.05, 0) is 11.4 Å². The molecule has 8 heteroatoms. The molecular weight excluding hydrogens is 256 g/mol. The standard InChI is InChI=1S/C10H10N4O3S/c11-8(15)5-14-7(4-6-2-1-3-18-6)9(10(16)17)12-13-14/h1-3H,4-5H2,(H2,11,15)(H,16,17). The zero-order valence-electron chi connectivity index (χ0n) is 9.24. The highest BCUT2D eigenvalue weighted by molar-refractivity contribution is 7.09. The second-order valence-electron chi connectivity index (χ2n) is 3.57. The smallest absolute Gasteiger partial charge is 0.358 e. The van der Waals surface area contributed by atoms with Gasteiger partial charge < -0.3 is 10.8 Å². The highest BCUT2D eigenvalue weighted by Crippen LogP contribution is 2.16. The van der Waals surface area contributed by atoms with Crippen LogP contribution in [-0.4, -0.2) is 32.0 Å². The molecule has 0 aliphatic heterocycles. The lowest BCUT2D eigenvalue weighted by molar-refractivity contribution is -0.118. The van der Waals surface area contributed by atoms with Gasteiger partial charge in [0.05, 0.1) is 5.69 Å². The predicted octanol–water partition coefficient (Wildman–Crippen LogP) is 0.114. The Morgan fingerprint density at radius 3 is 2.83 bits per heavy atom. The Hall–Kier alpha value is -2.22. The third-order valence-corrected chi connectivity index (χ3v) is 3.14. The van der Waals surface area contributed by atoms with E-state index < -0.39 is 11.9 Å². The van der Waals surface area contributed by atoms with Gasteiger partial charge >= 0.3 is 5.97 Å². The summed E-state index contributed by atoms with van der Waals surface area (Å²) in [4.78, 5) is 22.9. The van der Waals surface area contributed by atoms with E-state index in [1.165, 1.54) is 16.0 Å². The van der Waals surface area contributed by atoms with Gasteiger partial charge in [0.15, 0.2) is 5.69 Å². The van der Waals surface area contributed by atoms with E-state index in [1.807, 2.05) is 17.5 Å². The molecule has 1 amide bonds. The molecule has 0 radical (unpaired) electrons. The number of rotatable bonds is 5. The van der Waals surface area contributed by atoms with E-state index in [9.17, 15) is 9.59 Å². The molecule has 2 rings (SSSR count). The van der Waals surface area contributed by atoms with Gasteiger partial charge in [-0.25, -0.2) is 9.48 Å². The third-order valence-electron chi connectivity index (χ3n) is 2.27. The van der Waals surface area contributed by atoms with E-state index in [0.29, 0.717) is 12.1 Å². The number of hydrogen-bond acceptors (Lipinski definition) is 5. The molecular formula is C10H10N4O3S. The fourth-order valence-corrected chi connectivity index (χ4v) is 2.24. The number of primary amides is 1. The molecule has 0 fully saturated rings. The summed E-state index contributed by atoms with van der Waals surface area (Å²) in [6, 6.07) is 3.74. The summed E-state index contributed by atoms with van der Waals surface area (Å²) in [6.45, 7) is -0.180. The maximum Gasteiger partial charge on any atom is 0.358 e. The summed E-state index contributed by atoms with van der Waals surface area (Å²) in [7, 11) is 0. The first-order chi connectivity index (χ1) is 8.58. The van der Waals surface area contributed by atoms with Crippen LogP contribution in [0.15, 0.2) is 17.5 Å². The SMILES string of the molecule is NC(=O)Cn1nnc(C(=O)O)c1Cc1cccs1. The number of thiophene rings is 1. The van der Waals surface area contributed by atoms with E-state index >= 15 is 0 Å². The van der Waals surface area contributed by atoms with Gasteiger partial charge in [-0.15, -0.1) is 16.4 Å². The van der Waals surface area contributed by atoms with Crippen molar-refractivity contribution in [3.05, 3.63) is 33.8 Å². The van der Waals surface area contributed by atoms with Crippen molar-refractivity contribution in [2.75, 3.05) is 0 Å². The van der Waals surface area contributed by atoms with Crippen LogP contribution in [0, 0.1) is 0 Å². The first kappa shape index (κ1) is 12.2. The molecule has 2 aromatic rings. The molecule has 0 bridgehead atoms. The van der Waals surface area contributed by atoms with Crippen LogP contribution in [0.1, 0.15) is 21.1 Å². The van der Waals surface area contributed by atoms with Crippen LogP contribution in [-0.2, 0) is 17.8 Å². The monoisotopic (exact) mass is 266 g/mol. The van der Waals surface area contributed by atoms with Gasteiger partial charge in [-0.1, -0.05) is 11.3 Å². The topological polar surface area (TPSA) is 111 Å². The molecule has 18 heavy (non-hydrogen) atoms. The number of carboxylic acids is 1. The van der Waals surface area contributed by atoms with Gasteiger partial charge in [0.1, 0.15) is 6.54 Å². The first-order valence-electron chi connectivity index (χ1n) is 5.04. The van der Waals surface area contributed by atoms with Crippen LogP contribution in [0.4, 0.5) is 0 Å². The molecule has 2 aromatic heterocycles. The zero-order chi connectivity index (χ0) is 13.1. The van der Waals surface area contributed by atoms with E-state index in [1.54, 1.807) is 0 Å². The highest BCUT2D eigenvalue weighted by atomic mass is 32.1. The maximum atomic E-state index is 11.0. The predicted molar refractivity (Wildman–Crippen MR) is 63.3 cm³/mol. The summed E-state index contributed by atoms with van der Waals surface area (Å²) in [5, 5.41) is 18.1. The van der Waals surface area contributed by atoms with Crippen molar-refractivity contribution in [1.82, 2.24) is 15.0 Å². The lowest BCUT2D eigenvalue weighted by Gasteiger charge is -2.03. The summed E-state index contributed by atoms with van der Waals surface area (Å²) >= 11 is 1.49. The molecule has 0 aromatic carbocycles. The fourth-order valence-electron chi connectivity index (χ4n) is 1.53. The number of carboxylic acid groups (broad SMARTS) is 1. The normalized spacial score (nSPS) is 10.4. The van der Waals surface area contributed by atoms with Crippen LogP contribution >= 0.6 is 11.3 Å². The van der Waals surface area contributed by atoms with E-state index in [2.05, 4.69) is 10.3 Å². The van der Waals surface area contributed by atoms with Crippen molar-refractivity contribution in [3.63, 3.8) is 0 Å². The van der Waals surface area contributed by atoms with Crippen LogP contribution in [0.3, 0.4) is 0 Å². The second-order valence-corrected chi connectivity index (χ2v) is 4.60. The molecule has 7 nitrogen and oxygen atoms in total. The molecule has 94 valence electrons. The van der Waals surface area contributed by atoms with Crippen molar-refractivity contribution in [2.45, 2.75) is 13.0 Å². The van der Waals surface area contributed by atoms with Gasteiger partial charge in [0.2, 0.25) is 5.91 Å². The van der Waals surface area contributed by atoms with Crippen molar-refractivity contribution < 1.29 is 14.7 Å². The number of carbonyl (C=O) groups excluding carboxylic acids is 1. The molecule has 0 saturated heterocycles. The second kappa shape index (κ2) is 4.96. The maximum absolute atomic E-state index is 11.0. The third kappa shape index (κ3) is 2.54. The first-order valence-corrected chi connectivity index (χ1v) is 5.92. The summed E-state index contributed by atoms with van der Waals surface area (Å²) in [5.74, 6) is -1.76. The Morgan fingerprint density at radius 1 is 1.50 bits per heavy atom. The van der Waals surface area contributed by atoms with Gasteiger partial charge in [-0.3, -0.25) is 4.79 Å². The molecule has 0 unspecified atom stereocenters. The van der Waals surface area contributed by atoms with Crippen molar-refractivity contribution in [3.8, 4) is 0 Å². The average molecular weight is 266 g/mol. The van der Waals surface area contributed by atoms with Crippen LogP contribution in [0.5, 0.6) is 0 Å². The minimum absolute atomic E-state index is 0.148. The number of hydrogen-bond donors (Lipinski definition) is 2. The van der Waals surface area contributed by atoms with Gasteiger partial charge in [0.25, 0.3) is 0 Å². The van der Waals surface area contributed by atoms with E-state index in [-0.39, 0.29) is 12.2 Å².